The molecule has 27 heavy (non-hydrogen) atoms. The van der Waals surface area contributed by atoms with E-state index in [1.165, 1.54) is 25.3 Å². The summed E-state index contributed by atoms with van der Waals surface area (Å²) in [6.07, 6.45) is 0. The van der Waals surface area contributed by atoms with Crippen molar-refractivity contribution in [1.29, 1.82) is 0 Å². The van der Waals surface area contributed by atoms with Gasteiger partial charge in [-0.2, -0.15) is 0 Å². The van der Waals surface area contributed by atoms with Gasteiger partial charge in [-0.05, 0) is 18.2 Å². The lowest BCUT2D eigenvalue weighted by atomic mass is 10.3. The molecule has 0 N–H and O–H groups in total. The molecule has 0 atom stereocenters. The Morgan fingerprint density at radius 2 is 2.04 bits per heavy atom. The Morgan fingerprint density at radius 1 is 1.26 bits per heavy atom. The summed E-state index contributed by atoms with van der Waals surface area (Å²) in [4.78, 5) is 26.6. The molecular weight excluding hydrogens is 354 g/mol. The molecule has 1 aromatic heterocycles. The summed E-state index contributed by atoms with van der Waals surface area (Å²) in [5.41, 5.74) is 1.58. The molecule has 0 bridgehead atoms. The van der Waals surface area contributed by atoms with Crippen molar-refractivity contribution < 1.29 is 23.9 Å². The van der Waals surface area contributed by atoms with E-state index in [4.69, 9.17) is 14.2 Å². The molecule has 0 saturated heterocycles. The standard InChI is InChI=1S/C18H17N3O6/c1-20-14-6-4-3-5-13(14)19-17(20)10-27-18(22)11-26-12-7-8-15(21(23)24)16(9-12)25-2/h3-9H,10-11H2,1-2H3. The number of aryl methyl sites for hydroxylation is 1. The zero-order valence-corrected chi connectivity index (χ0v) is 14.7. The van der Waals surface area contributed by atoms with Gasteiger partial charge in [-0.25, -0.2) is 9.78 Å². The van der Waals surface area contributed by atoms with E-state index in [9.17, 15) is 14.9 Å². The molecule has 0 aliphatic carbocycles. The number of para-hydroxylation sites is 2. The number of fused-ring (bicyclic) bond motifs is 1. The lowest BCUT2D eigenvalue weighted by molar-refractivity contribution is -0.385. The van der Waals surface area contributed by atoms with Crippen molar-refractivity contribution in [2.45, 2.75) is 6.61 Å². The van der Waals surface area contributed by atoms with Crippen molar-refractivity contribution in [3.05, 3.63) is 58.4 Å². The Morgan fingerprint density at radius 3 is 2.74 bits per heavy atom. The van der Waals surface area contributed by atoms with E-state index in [0.717, 1.165) is 11.0 Å². The first-order valence-corrected chi connectivity index (χ1v) is 8.00. The molecule has 0 aliphatic rings. The minimum absolute atomic E-state index is 0.0109. The number of rotatable bonds is 7. The second kappa shape index (κ2) is 7.73. The molecule has 140 valence electrons. The number of methoxy groups -OCH3 is 1. The number of nitrogens with zero attached hydrogens (tertiary/aromatic N) is 3. The molecule has 9 nitrogen and oxygen atoms in total. The highest BCUT2D eigenvalue weighted by Gasteiger charge is 2.16. The molecule has 0 unspecified atom stereocenters. The number of aromatic nitrogens is 2. The maximum Gasteiger partial charge on any atom is 0.344 e. The highest BCUT2D eigenvalue weighted by Crippen LogP contribution is 2.30. The number of imidazole rings is 1. The highest BCUT2D eigenvalue weighted by molar-refractivity contribution is 5.76. The van der Waals surface area contributed by atoms with Crippen molar-refractivity contribution in [2.24, 2.45) is 7.05 Å². The summed E-state index contributed by atoms with van der Waals surface area (Å²) in [6.45, 7) is -0.331. The fraction of sp³-hybridized carbons (Fsp3) is 0.222. The van der Waals surface area contributed by atoms with Crippen molar-refractivity contribution in [2.75, 3.05) is 13.7 Å². The van der Waals surface area contributed by atoms with E-state index < -0.39 is 10.9 Å². The summed E-state index contributed by atoms with van der Waals surface area (Å²) in [6, 6.07) is 11.6. The average molecular weight is 371 g/mol. The summed E-state index contributed by atoms with van der Waals surface area (Å²) >= 11 is 0. The zero-order chi connectivity index (χ0) is 19.4. The van der Waals surface area contributed by atoms with Crippen LogP contribution in [0.1, 0.15) is 5.82 Å². The van der Waals surface area contributed by atoms with E-state index in [-0.39, 0.29) is 30.4 Å². The Hall–Kier alpha value is -3.62. The number of nitro benzene ring substituents is 1. The Labute approximate surface area is 154 Å². The van der Waals surface area contributed by atoms with Crippen LogP contribution in [0, 0.1) is 10.1 Å². The van der Waals surface area contributed by atoms with E-state index in [1.54, 1.807) is 0 Å². The monoisotopic (exact) mass is 371 g/mol. The normalized spacial score (nSPS) is 10.6. The molecule has 3 aromatic rings. The van der Waals surface area contributed by atoms with Gasteiger partial charge in [-0.1, -0.05) is 12.1 Å². The van der Waals surface area contributed by atoms with Crippen LogP contribution in [0.3, 0.4) is 0 Å². The minimum Gasteiger partial charge on any atom is -0.490 e. The highest BCUT2D eigenvalue weighted by atomic mass is 16.6. The number of esters is 1. The maximum atomic E-state index is 11.9. The van der Waals surface area contributed by atoms with Gasteiger partial charge in [0.15, 0.2) is 6.61 Å². The van der Waals surface area contributed by atoms with E-state index in [1.807, 2.05) is 35.9 Å². The molecule has 0 amide bonds. The van der Waals surface area contributed by atoms with Crippen LogP contribution >= 0.6 is 0 Å². The number of nitro groups is 1. The van der Waals surface area contributed by atoms with Crippen molar-refractivity contribution in [1.82, 2.24) is 9.55 Å². The largest absolute Gasteiger partial charge is 0.490 e. The van der Waals surface area contributed by atoms with Crippen LogP contribution in [-0.4, -0.2) is 34.2 Å². The minimum atomic E-state index is -0.584. The van der Waals surface area contributed by atoms with Crippen LogP contribution in [0.15, 0.2) is 42.5 Å². The first-order chi connectivity index (χ1) is 13.0. The van der Waals surface area contributed by atoms with E-state index in [2.05, 4.69) is 4.98 Å². The third-order valence-corrected chi connectivity index (χ3v) is 3.95. The Bertz CT molecular complexity index is 998. The van der Waals surface area contributed by atoms with Gasteiger partial charge in [-0.15, -0.1) is 0 Å². The third kappa shape index (κ3) is 3.97. The van der Waals surface area contributed by atoms with Crippen molar-refractivity contribution in [3.63, 3.8) is 0 Å². The van der Waals surface area contributed by atoms with Gasteiger partial charge >= 0.3 is 11.7 Å². The number of carbonyl (C=O) groups is 1. The molecule has 0 radical (unpaired) electrons. The van der Waals surface area contributed by atoms with Gasteiger partial charge < -0.3 is 18.8 Å². The van der Waals surface area contributed by atoms with Gasteiger partial charge in [0.2, 0.25) is 5.75 Å². The lowest BCUT2D eigenvalue weighted by Gasteiger charge is -2.08. The third-order valence-electron chi connectivity index (χ3n) is 3.95. The Balaban J connectivity index is 1.58. The lowest BCUT2D eigenvalue weighted by Crippen LogP contribution is -2.16. The van der Waals surface area contributed by atoms with Crippen LogP contribution in [0.5, 0.6) is 11.5 Å². The van der Waals surface area contributed by atoms with Gasteiger partial charge in [0.25, 0.3) is 0 Å². The summed E-state index contributed by atoms with van der Waals surface area (Å²) in [5, 5.41) is 10.9. The second-order valence-electron chi connectivity index (χ2n) is 5.62. The SMILES string of the molecule is COc1cc(OCC(=O)OCc2nc3ccccc3n2C)ccc1[N+](=O)[O-]. The van der Waals surface area contributed by atoms with Gasteiger partial charge in [0.05, 0.1) is 23.1 Å². The number of ether oxygens (including phenoxy) is 3. The quantitative estimate of drug-likeness (QED) is 0.357. The first-order valence-electron chi connectivity index (χ1n) is 8.00. The van der Waals surface area contributed by atoms with Crippen LogP contribution in [0.4, 0.5) is 5.69 Å². The smallest absolute Gasteiger partial charge is 0.344 e. The number of benzene rings is 2. The van der Waals surface area contributed by atoms with Gasteiger partial charge in [-0.3, -0.25) is 10.1 Å². The molecule has 0 aliphatic heterocycles. The molecule has 0 spiro atoms. The van der Waals surface area contributed by atoms with Crippen LogP contribution in [-0.2, 0) is 23.2 Å². The number of hydrogen-bond acceptors (Lipinski definition) is 7. The molecule has 3 rings (SSSR count). The van der Waals surface area contributed by atoms with Crippen molar-refractivity contribution in [3.8, 4) is 11.5 Å². The fourth-order valence-electron chi connectivity index (χ4n) is 2.55. The molecule has 2 aromatic carbocycles. The van der Waals surface area contributed by atoms with Crippen LogP contribution < -0.4 is 9.47 Å². The summed E-state index contributed by atoms with van der Waals surface area (Å²) in [5.74, 6) is 0.337. The molecule has 0 fully saturated rings. The summed E-state index contributed by atoms with van der Waals surface area (Å²) in [7, 11) is 3.16. The predicted octanol–water partition coefficient (Wildman–Crippen LogP) is 2.61. The second-order valence-corrected chi connectivity index (χ2v) is 5.62. The maximum absolute atomic E-state index is 11.9. The average Bonchev–Trinajstić information content (AvgIpc) is 3.00. The number of carbonyl (C=O) groups excluding carboxylic acids is 1. The topological polar surface area (TPSA) is 106 Å². The molecule has 1 heterocycles. The fourth-order valence-corrected chi connectivity index (χ4v) is 2.55. The predicted molar refractivity (Wildman–Crippen MR) is 95.7 cm³/mol. The van der Waals surface area contributed by atoms with Gasteiger partial charge in [0.1, 0.15) is 18.2 Å². The Kier molecular flexibility index (Phi) is 5.20. The van der Waals surface area contributed by atoms with Crippen LogP contribution in [0.2, 0.25) is 0 Å². The van der Waals surface area contributed by atoms with E-state index in [0.29, 0.717) is 5.82 Å². The molecule has 9 heteroatoms. The molecule has 0 saturated carbocycles. The summed E-state index contributed by atoms with van der Waals surface area (Å²) < 4.78 is 17.3. The van der Waals surface area contributed by atoms with Gasteiger partial charge in [0, 0.05) is 19.2 Å². The molecular formula is C18H17N3O6. The van der Waals surface area contributed by atoms with E-state index >= 15 is 0 Å². The first kappa shape index (κ1) is 18.2. The van der Waals surface area contributed by atoms with Crippen LogP contribution in [0.25, 0.3) is 11.0 Å². The number of hydrogen-bond donors (Lipinski definition) is 0. The zero-order valence-electron chi connectivity index (χ0n) is 14.7. The van der Waals surface area contributed by atoms with Crippen molar-refractivity contribution >= 4 is 22.7 Å².